The molecule has 4 rings (SSSR count). The fraction of sp³-hybridized carbons (Fsp3) is 0.667. The quantitative estimate of drug-likeness (QED) is 0.876. The number of fused-ring (bicyclic) bond motifs is 1. The second-order valence-corrected chi connectivity index (χ2v) is 6.24. The summed E-state index contributed by atoms with van der Waals surface area (Å²) in [6.07, 6.45) is 1.37. The first kappa shape index (κ1) is 12.3. The van der Waals surface area contributed by atoms with Crippen LogP contribution in [0.15, 0.2) is 16.9 Å². The molecule has 5 nitrogen and oxygen atoms in total. The fourth-order valence-electron chi connectivity index (χ4n) is 3.71. The first-order valence-electron chi connectivity index (χ1n) is 7.56. The number of morpholine rings is 1. The summed E-state index contributed by atoms with van der Waals surface area (Å²) in [5.74, 6) is 2.67. The fourth-order valence-corrected chi connectivity index (χ4v) is 3.71. The maximum absolute atomic E-state index is 12.0. The average molecular weight is 275 g/mol. The molecule has 3 unspecified atom stereocenters. The first-order chi connectivity index (χ1) is 9.72. The van der Waals surface area contributed by atoms with E-state index in [1.807, 2.05) is 0 Å². The van der Waals surface area contributed by atoms with E-state index in [4.69, 9.17) is 4.74 Å². The maximum atomic E-state index is 12.0. The molecular weight excluding hydrogens is 254 g/mol. The smallest absolute Gasteiger partial charge is 0.251 e. The summed E-state index contributed by atoms with van der Waals surface area (Å²) in [6, 6.07) is 4.39. The predicted octanol–water partition coefficient (Wildman–Crippen LogP) is 1.06. The molecule has 108 valence electrons. The SMILES string of the molecule is CC1C2CC2CN1c1cc(N2CCOCC2)cc(=O)[nH]1. The minimum atomic E-state index is -0.00300. The summed E-state index contributed by atoms with van der Waals surface area (Å²) < 4.78 is 5.38. The number of aromatic amines is 1. The van der Waals surface area contributed by atoms with Crippen LogP contribution in [0.5, 0.6) is 0 Å². The highest BCUT2D eigenvalue weighted by atomic mass is 16.5. The molecule has 1 aliphatic carbocycles. The molecular formula is C15H21N3O2. The van der Waals surface area contributed by atoms with Crippen LogP contribution in [0, 0.1) is 11.8 Å². The third-order valence-electron chi connectivity index (χ3n) is 5.02. The van der Waals surface area contributed by atoms with Gasteiger partial charge in [0.25, 0.3) is 5.56 Å². The van der Waals surface area contributed by atoms with Crippen LogP contribution in [-0.4, -0.2) is 43.9 Å². The number of aromatic nitrogens is 1. The van der Waals surface area contributed by atoms with Crippen molar-refractivity contribution in [2.75, 3.05) is 42.6 Å². The topological polar surface area (TPSA) is 48.6 Å². The lowest BCUT2D eigenvalue weighted by Gasteiger charge is -2.31. The number of H-pyrrole nitrogens is 1. The molecule has 3 aliphatic rings. The molecule has 0 radical (unpaired) electrons. The number of pyridine rings is 1. The van der Waals surface area contributed by atoms with Crippen LogP contribution in [-0.2, 0) is 4.74 Å². The molecule has 2 saturated heterocycles. The summed E-state index contributed by atoms with van der Waals surface area (Å²) in [5, 5.41) is 0. The summed E-state index contributed by atoms with van der Waals surface area (Å²) in [6.45, 7) is 6.58. The van der Waals surface area contributed by atoms with Crippen LogP contribution in [0.1, 0.15) is 13.3 Å². The lowest BCUT2D eigenvalue weighted by atomic mass is 10.2. The van der Waals surface area contributed by atoms with Crippen molar-refractivity contribution in [1.82, 2.24) is 4.98 Å². The van der Waals surface area contributed by atoms with Crippen molar-refractivity contribution in [2.24, 2.45) is 11.8 Å². The van der Waals surface area contributed by atoms with Crippen LogP contribution in [0.2, 0.25) is 0 Å². The molecule has 3 heterocycles. The van der Waals surface area contributed by atoms with Gasteiger partial charge >= 0.3 is 0 Å². The summed E-state index contributed by atoms with van der Waals surface area (Å²) in [7, 11) is 0. The van der Waals surface area contributed by atoms with Gasteiger partial charge in [0.2, 0.25) is 0 Å². The minimum Gasteiger partial charge on any atom is -0.378 e. The second kappa shape index (κ2) is 4.52. The third kappa shape index (κ3) is 2.00. The van der Waals surface area contributed by atoms with E-state index in [-0.39, 0.29) is 5.56 Å². The van der Waals surface area contributed by atoms with Gasteiger partial charge in [-0.15, -0.1) is 0 Å². The summed E-state index contributed by atoms with van der Waals surface area (Å²) in [4.78, 5) is 19.6. The van der Waals surface area contributed by atoms with Gasteiger partial charge in [-0.1, -0.05) is 0 Å². The lowest BCUT2D eigenvalue weighted by Crippen LogP contribution is -2.37. The monoisotopic (exact) mass is 275 g/mol. The molecule has 0 spiro atoms. The van der Waals surface area contributed by atoms with Crippen molar-refractivity contribution in [3.05, 3.63) is 22.5 Å². The van der Waals surface area contributed by atoms with Gasteiger partial charge in [-0.3, -0.25) is 4.79 Å². The molecule has 0 aromatic carbocycles. The average Bonchev–Trinajstić information content (AvgIpc) is 3.17. The molecule has 20 heavy (non-hydrogen) atoms. The Hall–Kier alpha value is -1.49. The summed E-state index contributed by atoms with van der Waals surface area (Å²) >= 11 is 0. The van der Waals surface area contributed by atoms with Crippen molar-refractivity contribution in [3.63, 3.8) is 0 Å². The van der Waals surface area contributed by atoms with Gasteiger partial charge in [0, 0.05) is 43.5 Å². The lowest BCUT2D eigenvalue weighted by molar-refractivity contribution is 0.122. The standard InChI is InChI=1S/C15H21N3O2/c1-10-13-6-11(13)9-18(10)14-7-12(8-15(19)16-14)17-2-4-20-5-3-17/h7-8,10-11,13H,2-6,9H2,1H3,(H,16,19). The molecule has 1 aromatic rings. The Bertz CT molecular complexity index is 564. The maximum Gasteiger partial charge on any atom is 0.251 e. The van der Waals surface area contributed by atoms with Gasteiger partial charge < -0.3 is 19.5 Å². The highest BCUT2D eigenvalue weighted by Gasteiger charge is 2.50. The van der Waals surface area contributed by atoms with E-state index in [9.17, 15) is 4.79 Å². The van der Waals surface area contributed by atoms with E-state index < -0.39 is 0 Å². The molecule has 0 amide bonds. The van der Waals surface area contributed by atoms with Gasteiger partial charge in [0.15, 0.2) is 0 Å². The van der Waals surface area contributed by atoms with E-state index in [0.717, 1.165) is 56.2 Å². The highest BCUT2D eigenvalue weighted by molar-refractivity contribution is 5.56. The number of nitrogens with zero attached hydrogens (tertiary/aromatic N) is 2. The van der Waals surface area contributed by atoms with E-state index >= 15 is 0 Å². The van der Waals surface area contributed by atoms with E-state index in [1.165, 1.54) is 6.42 Å². The molecule has 1 aromatic heterocycles. The van der Waals surface area contributed by atoms with Crippen molar-refractivity contribution in [1.29, 1.82) is 0 Å². The molecule has 1 saturated carbocycles. The number of hydrogen-bond acceptors (Lipinski definition) is 4. The van der Waals surface area contributed by atoms with Crippen LogP contribution >= 0.6 is 0 Å². The Kier molecular flexibility index (Phi) is 2.77. The predicted molar refractivity (Wildman–Crippen MR) is 78.5 cm³/mol. The zero-order valence-corrected chi connectivity index (χ0v) is 11.8. The summed E-state index contributed by atoms with van der Waals surface area (Å²) in [5.41, 5.74) is 1.02. The Labute approximate surface area is 118 Å². The minimum absolute atomic E-state index is 0.00300. The van der Waals surface area contributed by atoms with E-state index in [1.54, 1.807) is 6.07 Å². The molecule has 5 heteroatoms. The van der Waals surface area contributed by atoms with Crippen molar-refractivity contribution in [2.45, 2.75) is 19.4 Å². The van der Waals surface area contributed by atoms with Crippen molar-refractivity contribution >= 4 is 11.5 Å². The van der Waals surface area contributed by atoms with Gasteiger partial charge in [-0.05, 0) is 25.2 Å². The normalized spacial score (nSPS) is 32.4. The Balaban J connectivity index is 1.63. The first-order valence-corrected chi connectivity index (χ1v) is 7.56. The van der Waals surface area contributed by atoms with Crippen molar-refractivity contribution < 1.29 is 4.74 Å². The van der Waals surface area contributed by atoms with Gasteiger partial charge in [0.1, 0.15) is 5.82 Å². The molecule has 3 fully saturated rings. The number of rotatable bonds is 2. The third-order valence-corrected chi connectivity index (χ3v) is 5.02. The zero-order chi connectivity index (χ0) is 13.7. The van der Waals surface area contributed by atoms with Crippen LogP contribution in [0.3, 0.4) is 0 Å². The Morgan fingerprint density at radius 3 is 2.80 bits per heavy atom. The Morgan fingerprint density at radius 1 is 1.30 bits per heavy atom. The molecule has 3 atom stereocenters. The Morgan fingerprint density at radius 2 is 2.10 bits per heavy atom. The molecule has 2 aliphatic heterocycles. The number of piperidine rings is 1. The number of ether oxygens (including phenoxy) is 1. The van der Waals surface area contributed by atoms with Crippen LogP contribution in [0.25, 0.3) is 0 Å². The van der Waals surface area contributed by atoms with Crippen LogP contribution < -0.4 is 15.4 Å². The van der Waals surface area contributed by atoms with Gasteiger partial charge in [-0.25, -0.2) is 0 Å². The second-order valence-electron chi connectivity index (χ2n) is 6.24. The van der Waals surface area contributed by atoms with Gasteiger partial charge in [0.05, 0.1) is 13.2 Å². The van der Waals surface area contributed by atoms with E-state index in [2.05, 4.69) is 27.8 Å². The van der Waals surface area contributed by atoms with Crippen LogP contribution in [0.4, 0.5) is 11.5 Å². The number of anilines is 2. The molecule has 1 N–H and O–H groups in total. The number of hydrogen-bond donors (Lipinski definition) is 1. The number of nitrogens with one attached hydrogen (secondary N) is 1. The van der Waals surface area contributed by atoms with Gasteiger partial charge in [-0.2, -0.15) is 0 Å². The molecule has 0 bridgehead atoms. The van der Waals surface area contributed by atoms with Crippen molar-refractivity contribution in [3.8, 4) is 0 Å². The zero-order valence-electron chi connectivity index (χ0n) is 11.8. The largest absolute Gasteiger partial charge is 0.378 e. The van der Waals surface area contributed by atoms with E-state index in [0.29, 0.717) is 6.04 Å². The highest BCUT2D eigenvalue weighted by Crippen LogP contribution is 2.50.